The van der Waals surface area contributed by atoms with Gasteiger partial charge < -0.3 is 15.0 Å². The van der Waals surface area contributed by atoms with E-state index in [0.717, 1.165) is 57.4 Å². The minimum Gasteiger partial charge on any atom is -0.378 e. The maximum Gasteiger partial charge on any atom is 0.249 e. The molecule has 2 heterocycles. The number of nitrogens with one attached hydrogen (secondary N) is 1. The molecule has 1 aromatic rings. The maximum atomic E-state index is 12.9. The van der Waals surface area contributed by atoms with Crippen molar-refractivity contribution in [1.29, 1.82) is 0 Å². The van der Waals surface area contributed by atoms with Gasteiger partial charge in [-0.05, 0) is 37.7 Å². The van der Waals surface area contributed by atoms with Crippen molar-refractivity contribution in [2.45, 2.75) is 50.7 Å². The quantitative estimate of drug-likeness (QED) is 0.902. The molecule has 1 N–H and O–H groups in total. The highest BCUT2D eigenvalue weighted by atomic mass is 16.5. The molecule has 0 spiro atoms. The molecule has 2 fully saturated rings. The Morgan fingerprint density at radius 2 is 1.88 bits per heavy atom. The van der Waals surface area contributed by atoms with Crippen LogP contribution in [0.3, 0.4) is 0 Å². The zero-order valence-corrected chi connectivity index (χ0v) is 14.1. The van der Waals surface area contributed by atoms with Crippen LogP contribution in [-0.4, -0.2) is 42.5 Å². The molecular formula is C19H26N2O3. The van der Waals surface area contributed by atoms with Crippen LogP contribution < -0.4 is 5.32 Å². The van der Waals surface area contributed by atoms with Crippen LogP contribution in [0.5, 0.6) is 0 Å². The Kier molecular flexibility index (Phi) is 5.86. The van der Waals surface area contributed by atoms with E-state index in [9.17, 15) is 9.59 Å². The third-order valence-corrected chi connectivity index (χ3v) is 4.79. The first-order valence-corrected chi connectivity index (χ1v) is 8.99. The first-order chi connectivity index (χ1) is 11.7. The summed E-state index contributed by atoms with van der Waals surface area (Å²) in [6.07, 6.45) is 5.48. The number of ether oxygens (including phenoxy) is 1. The number of carbonyl (C=O) groups excluding carboxylic acids is 2. The Morgan fingerprint density at radius 1 is 1.12 bits per heavy atom. The van der Waals surface area contributed by atoms with E-state index in [4.69, 9.17) is 4.74 Å². The van der Waals surface area contributed by atoms with Gasteiger partial charge in [-0.3, -0.25) is 9.59 Å². The van der Waals surface area contributed by atoms with Gasteiger partial charge in [-0.2, -0.15) is 0 Å². The minimum absolute atomic E-state index is 0.00314. The number of benzene rings is 1. The Balaban J connectivity index is 1.67. The van der Waals surface area contributed by atoms with Crippen LogP contribution in [0.1, 0.15) is 50.1 Å². The summed E-state index contributed by atoms with van der Waals surface area (Å²) in [5, 5.41) is 2.95. The van der Waals surface area contributed by atoms with Crippen LogP contribution in [-0.2, 0) is 14.3 Å². The molecule has 2 aliphatic rings. The van der Waals surface area contributed by atoms with E-state index in [1.807, 2.05) is 35.2 Å². The zero-order valence-electron chi connectivity index (χ0n) is 14.1. The van der Waals surface area contributed by atoms with Gasteiger partial charge >= 0.3 is 0 Å². The SMILES string of the molecule is O=C(CC1CCCCO1)NC(C(=O)N1CCCC1)c1ccccc1. The smallest absolute Gasteiger partial charge is 0.249 e. The second kappa shape index (κ2) is 8.29. The minimum atomic E-state index is -0.597. The lowest BCUT2D eigenvalue weighted by Crippen LogP contribution is -2.42. The molecule has 2 unspecified atom stereocenters. The topological polar surface area (TPSA) is 58.6 Å². The maximum absolute atomic E-state index is 12.9. The average molecular weight is 330 g/mol. The standard InChI is InChI=1S/C19H26N2O3/c22-17(14-16-10-4-7-13-24-16)20-18(15-8-2-1-3-9-15)19(23)21-11-5-6-12-21/h1-3,8-9,16,18H,4-7,10-14H2,(H,20,22). The van der Waals surface area contributed by atoms with Crippen molar-refractivity contribution in [3.05, 3.63) is 35.9 Å². The monoisotopic (exact) mass is 330 g/mol. The van der Waals surface area contributed by atoms with E-state index in [2.05, 4.69) is 5.32 Å². The molecule has 2 saturated heterocycles. The van der Waals surface area contributed by atoms with Gasteiger partial charge in [0.25, 0.3) is 0 Å². The normalized spacial score (nSPS) is 22.2. The van der Waals surface area contributed by atoms with Gasteiger partial charge in [0, 0.05) is 19.7 Å². The van der Waals surface area contributed by atoms with Crippen LogP contribution in [0.25, 0.3) is 0 Å². The molecule has 0 radical (unpaired) electrons. The lowest BCUT2D eigenvalue weighted by atomic mass is 10.0. The van der Waals surface area contributed by atoms with Crippen molar-refractivity contribution < 1.29 is 14.3 Å². The van der Waals surface area contributed by atoms with E-state index >= 15 is 0 Å². The van der Waals surface area contributed by atoms with Gasteiger partial charge in [0.15, 0.2) is 0 Å². The van der Waals surface area contributed by atoms with E-state index in [-0.39, 0.29) is 17.9 Å². The Bertz CT molecular complexity index is 549. The molecule has 0 aliphatic carbocycles. The Morgan fingerprint density at radius 3 is 2.54 bits per heavy atom. The van der Waals surface area contributed by atoms with Crippen LogP contribution in [0, 0.1) is 0 Å². The number of likely N-dealkylation sites (tertiary alicyclic amines) is 1. The van der Waals surface area contributed by atoms with Crippen LogP contribution in [0.4, 0.5) is 0 Å². The summed E-state index contributed by atoms with van der Waals surface area (Å²) in [7, 11) is 0. The van der Waals surface area contributed by atoms with Gasteiger partial charge in [-0.25, -0.2) is 0 Å². The summed E-state index contributed by atoms with van der Waals surface area (Å²) in [6, 6.07) is 8.91. The number of amides is 2. The summed E-state index contributed by atoms with van der Waals surface area (Å²) < 4.78 is 5.64. The molecule has 24 heavy (non-hydrogen) atoms. The van der Waals surface area contributed by atoms with Crippen molar-refractivity contribution in [2.24, 2.45) is 0 Å². The van der Waals surface area contributed by atoms with Gasteiger partial charge in [-0.1, -0.05) is 30.3 Å². The van der Waals surface area contributed by atoms with E-state index in [1.54, 1.807) is 0 Å². The highest BCUT2D eigenvalue weighted by Crippen LogP contribution is 2.21. The largest absolute Gasteiger partial charge is 0.378 e. The molecular weight excluding hydrogens is 304 g/mol. The molecule has 2 aliphatic heterocycles. The number of hydrogen-bond acceptors (Lipinski definition) is 3. The molecule has 130 valence electrons. The van der Waals surface area contributed by atoms with Gasteiger partial charge in [0.1, 0.15) is 6.04 Å². The van der Waals surface area contributed by atoms with Crippen molar-refractivity contribution in [3.8, 4) is 0 Å². The summed E-state index contributed by atoms with van der Waals surface area (Å²) in [6.45, 7) is 2.29. The third kappa shape index (κ3) is 4.35. The van der Waals surface area contributed by atoms with E-state index < -0.39 is 6.04 Å². The fourth-order valence-corrected chi connectivity index (χ4v) is 3.45. The van der Waals surface area contributed by atoms with E-state index in [1.165, 1.54) is 0 Å². The highest BCUT2D eigenvalue weighted by molar-refractivity contribution is 5.89. The Hall–Kier alpha value is -1.88. The molecule has 0 aromatic heterocycles. The van der Waals surface area contributed by atoms with Crippen LogP contribution in [0.2, 0.25) is 0 Å². The fraction of sp³-hybridized carbons (Fsp3) is 0.579. The number of nitrogens with zero attached hydrogens (tertiary/aromatic N) is 1. The Labute approximate surface area is 143 Å². The van der Waals surface area contributed by atoms with Gasteiger partial charge in [0.05, 0.1) is 12.5 Å². The number of hydrogen-bond donors (Lipinski definition) is 1. The molecule has 3 rings (SSSR count). The summed E-state index contributed by atoms with van der Waals surface area (Å²) >= 11 is 0. The van der Waals surface area contributed by atoms with E-state index in [0.29, 0.717) is 6.42 Å². The van der Waals surface area contributed by atoms with Gasteiger partial charge in [0.2, 0.25) is 11.8 Å². The second-order valence-corrected chi connectivity index (χ2v) is 6.64. The fourth-order valence-electron chi connectivity index (χ4n) is 3.45. The van der Waals surface area contributed by atoms with Crippen molar-refractivity contribution in [1.82, 2.24) is 10.2 Å². The first kappa shape index (κ1) is 17.0. The summed E-state index contributed by atoms with van der Waals surface area (Å²) in [5.74, 6) is -0.111. The van der Waals surface area contributed by atoms with Crippen LogP contribution in [0.15, 0.2) is 30.3 Å². The number of rotatable bonds is 5. The summed E-state index contributed by atoms with van der Waals surface area (Å²) in [4.78, 5) is 27.2. The zero-order chi connectivity index (χ0) is 16.8. The molecule has 1 aromatic carbocycles. The molecule has 2 amide bonds. The highest BCUT2D eigenvalue weighted by Gasteiger charge is 2.29. The predicted molar refractivity (Wildman–Crippen MR) is 91.3 cm³/mol. The molecule has 0 saturated carbocycles. The average Bonchev–Trinajstić information content (AvgIpc) is 3.15. The first-order valence-electron chi connectivity index (χ1n) is 8.99. The molecule has 5 nitrogen and oxygen atoms in total. The molecule has 2 atom stereocenters. The van der Waals surface area contributed by atoms with Crippen LogP contribution >= 0.6 is 0 Å². The van der Waals surface area contributed by atoms with Crippen molar-refractivity contribution in [2.75, 3.05) is 19.7 Å². The van der Waals surface area contributed by atoms with Gasteiger partial charge in [-0.15, -0.1) is 0 Å². The molecule has 5 heteroatoms. The van der Waals surface area contributed by atoms with Crippen molar-refractivity contribution >= 4 is 11.8 Å². The predicted octanol–water partition coefficient (Wildman–Crippen LogP) is 2.43. The third-order valence-electron chi connectivity index (χ3n) is 4.79. The number of carbonyl (C=O) groups is 2. The lowest BCUT2D eigenvalue weighted by molar-refractivity contribution is -0.136. The lowest BCUT2D eigenvalue weighted by Gasteiger charge is -2.26. The van der Waals surface area contributed by atoms with Crippen molar-refractivity contribution in [3.63, 3.8) is 0 Å². The second-order valence-electron chi connectivity index (χ2n) is 6.64. The summed E-state index contributed by atoms with van der Waals surface area (Å²) in [5.41, 5.74) is 0.840. The molecule has 0 bridgehead atoms.